The summed E-state index contributed by atoms with van der Waals surface area (Å²) < 4.78 is 11.6. The van der Waals surface area contributed by atoms with Gasteiger partial charge < -0.3 is 41.2 Å². The van der Waals surface area contributed by atoms with E-state index in [0.717, 1.165) is 109 Å². The minimum absolute atomic E-state index is 0.0315. The van der Waals surface area contributed by atoms with Gasteiger partial charge in [-0.15, -0.1) is 0 Å². The van der Waals surface area contributed by atoms with Crippen molar-refractivity contribution in [2.24, 2.45) is 5.73 Å². The van der Waals surface area contributed by atoms with Gasteiger partial charge in [0.05, 0.1) is 12.7 Å². The van der Waals surface area contributed by atoms with Crippen LogP contribution < -0.4 is 21.7 Å². The number of hydrogen-bond donors (Lipinski definition) is 6. The summed E-state index contributed by atoms with van der Waals surface area (Å²) in [6.07, 6.45) is 39.5. The van der Waals surface area contributed by atoms with E-state index in [0.29, 0.717) is 64.8 Å². The fraction of sp³-hybridized carbons (Fsp3) is 0.911. The molecule has 0 aromatic rings. The monoisotopic (exact) mass is 979 g/mol. The molecule has 13 nitrogen and oxygen atoms in total. The number of carbonyl (C=O) groups excluding carboxylic acids is 4. The normalized spacial score (nSPS) is 12.3. The summed E-state index contributed by atoms with van der Waals surface area (Å²) in [5.74, 6) is -0.770. The van der Waals surface area contributed by atoms with Gasteiger partial charge in [-0.25, -0.2) is 0 Å². The molecule has 0 rings (SSSR count). The van der Waals surface area contributed by atoms with E-state index in [2.05, 4.69) is 41.6 Å². The van der Waals surface area contributed by atoms with E-state index in [-0.39, 0.29) is 35.8 Å². The Bertz CT molecular complexity index is 1210. The second kappa shape index (κ2) is 50.0. The Morgan fingerprint density at radius 2 is 0.986 bits per heavy atom. The van der Waals surface area contributed by atoms with E-state index in [9.17, 15) is 24.3 Å². The van der Waals surface area contributed by atoms with Gasteiger partial charge in [0.1, 0.15) is 12.1 Å². The minimum atomic E-state index is -0.654. The Kier molecular flexibility index (Phi) is 47.9. The van der Waals surface area contributed by atoms with Crippen LogP contribution >= 0.6 is 0 Å². The van der Waals surface area contributed by atoms with Crippen molar-refractivity contribution in [3.05, 3.63) is 0 Å². The van der Waals surface area contributed by atoms with Gasteiger partial charge in [0.2, 0.25) is 11.8 Å². The predicted octanol–water partition coefficient (Wildman–Crippen LogP) is 12.1. The molecular formula is C56H110N6O7. The van der Waals surface area contributed by atoms with Crippen LogP contribution in [-0.2, 0) is 28.7 Å². The number of amides is 2. The van der Waals surface area contributed by atoms with Gasteiger partial charge in [-0.05, 0) is 103 Å². The first-order valence-electron chi connectivity index (χ1n) is 28.9. The zero-order valence-electron chi connectivity index (χ0n) is 45.3. The molecule has 0 aliphatic rings. The lowest BCUT2D eigenvalue weighted by Crippen LogP contribution is -2.46. The largest absolute Gasteiger partial charge is 0.466 e. The van der Waals surface area contributed by atoms with E-state index < -0.39 is 12.1 Å². The van der Waals surface area contributed by atoms with Gasteiger partial charge in [-0.1, -0.05) is 162 Å². The molecule has 7 N–H and O–H groups in total. The number of ether oxygens (including phenoxy) is 2. The van der Waals surface area contributed by atoms with Gasteiger partial charge in [0.25, 0.3) is 0 Å². The third-order valence-corrected chi connectivity index (χ3v) is 13.2. The van der Waals surface area contributed by atoms with Crippen molar-refractivity contribution in [1.29, 1.82) is 5.41 Å². The van der Waals surface area contributed by atoms with Crippen molar-refractivity contribution < 1.29 is 33.8 Å². The molecule has 406 valence electrons. The first-order valence-corrected chi connectivity index (χ1v) is 28.9. The Labute approximate surface area is 423 Å². The molecule has 2 amide bonds. The summed E-state index contributed by atoms with van der Waals surface area (Å²) in [7, 11) is 0. The number of hydrogen-bond acceptors (Lipinski definition) is 9. The Morgan fingerprint density at radius 3 is 1.52 bits per heavy atom. The number of aliphatic hydroxyl groups excluding tert-OH is 1. The molecule has 0 aromatic heterocycles. The van der Waals surface area contributed by atoms with Crippen LogP contribution in [0.2, 0.25) is 0 Å². The van der Waals surface area contributed by atoms with Crippen molar-refractivity contribution in [2.45, 2.75) is 290 Å². The Morgan fingerprint density at radius 1 is 0.536 bits per heavy atom. The van der Waals surface area contributed by atoms with E-state index in [1.165, 1.54) is 116 Å². The molecule has 2 atom stereocenters. The van der Waals surface area contributed by atoms with Crippen LogP contribution in [0.4, 0.5) is 0 Å². The van der Waals surface area contributed by atoms with Crippen molar-refractivity contribution in [1.82, 2.24) is 20.9 Å². The summed E-state index contributed by atoms with van der Waals surface area (Å²) >= 11 is 0. The fourth-order valence-corrected chi connectivity index (χ4v) is 8.97. The second-order valence-corrected chi connectivity index (χ2v) is 20.1. The van der Waals surface area contributed by atoms with Gasteiger partial charge >= 0.3 is 11.9 Å². The number of esters is 2. The quantitative estimate of drug-likeness (QED) is 0.0148. The van der Waals surface area contributed by atoms with Gasteiger partial charge in [-0.2, -0.15) is 0 Å². The fourth-order valence-electron chi connectivity index (χ4n) is 8.97. The summed E-state index contributed by atoms with van der Waals surface area (Å²) in [6, 6.07) is -0.654. The third kappa shape index (κ3) is 47.2. The van der Waals surface area contributed by atoms with Crippen LogP contribution in [0.25, 0.3) is 0 Å². The molecule has 0 heterocycles. The third-order valence-electron chi connectivity index (χ3n) is 13.2. The number of rotatable bonds is 52. The van der Waals surface area contributed by atoms with Crippen LogP contribution in [0.5, 0.6) is 0 Å². The van der Waals surface area contributed by atoms with Crippen LogP contribution in [0.15, 0.2) is 0 Å². The van der Waals surface area contributed by atoms with Gasteiger partial charge in [-0.3, -0.25) is 24.6 Å². The second-order valence-electron chi connectivity index (χ2n) is 20.1. The number of nitrogens with one attached hydrogen (secondary N) is 4. The van der Waals surface area contributed by atoms with Gasteiger partial charge in [0.15, 0.2) is 5.96 Å². The molecule has 0 aromatic carbocycles. The summed E-state index contributed by atoms with van der Waals surface area (Å²) in [4.78, 5) is 52.2. The smallest absolute Gasteiger partial charge is 0.306 e. The highest BCUT2D eigenvalue weighted by molar-refractivity contribution is 5.86. The summed E-state index contributed by atoms with van der Waals surface area (Å²) in [5, 5.41) is 26.8. The maximum Gasteiger partial charge on any atom is 0.306 e. The average Bonchev–Trinajstić information content (AvgIpc) is 3.31. The number of unbranched alkanes of at least 4 members (excludes halogenated alkanes) is 25. The molecule has 0 aliphatic carbocycles. The molecule has 0 saturated carbocycles. The standard InChI is InChI=1S/C56H110N6O7/c1-5-8-11-14-17-18-19-25-35-47-68-53(65)41-30-26-34-46-62(48-50(64)37-31-32-43-59-55(67)52(61-49(4)63)40-36-44-60-56(57)58)45-33-24-20-23-29-42-54(66)69-51(38-27-21-15-12-9-6-2)39-28-22-16-13-10-7-3/h50-52,64H,5-48H2,1-4H3,(H,59,67)(H,61,63)(H4,57,58,60)/t50?,52-/m0/s1. The first kappa shape index (κ1) is 66.1. The molecular weight excluding hydrogens is 869 g/mol. The number of nitrogens with zero attached hydrogens (tertiary/aromatic N) is 1. The van der Waals surface area contributed by atoms with Crippen LogP contribution in [0.3, 0.4) is 0 Å². The van der Waals surface area contributed by atoms with Crippen LogP contribution in [-0.4, -0.2) is 97.3 Å². The number of carbonyl (C=O) groups is 4. The van der Waals surface area contributed by atoms with E-state index in [4.69, 9.17) is 20.6 Å². The van der Waals surface area contributed by atoms with Gasteiger partial charge in [0, 0.05) is 39.4 Å². The average molecular weight is 980 g/mol. The maximum atomic E-state index is 12.9. The maximum absolute atomic E-state index is 12.9. The zero-order valence-corrected chi connectivity index (χ0v) is 45.3. The SMILES string of the molecule is CCCCCCCCCCCOC(=O)CCCCCN(CCCCCCCC(=O)OC(CCCCCCCC)CCCCCCCC)CC(O)CCCCNC(=O)[C@H](CCCNC(=N)N)NC(C)=O. The van der Waals surface area contributed by atoms with Crippen LogP contribution in [0.1, 0.15) is 272 Å². The van der Waals surface area contributed by atoms with Crippen LogP contribution in [0, 0.1) is 5.41 Å². The van der Waals surface area contributed by atoms with Crippen molar-refractivity contribution in [2.75, 3.05) is 39.3 Å². The predicted molar refractivity (Wildman–Crippen MR) is 286 cm³/mol. The molecule has 0 bridgehead atoms. The zero-order chi connectivity index (χ0) is 50.8. The molecule has 0 radical (unpaired) electrons. The van der Waals surface area contributed by atoms with E-state index >= 15 is 0 Å². The summed E-state index contributed by atoms with van der Waals surface area (Å²) in [5.41, 5.74) is 5.34. The highest BCUT2D eigenvalue weighted by Crippen LogP contribution is 2.19. The molecule has 69 heavy (non-hydrogen) atoms. The molecule has 0 saturated heterocycles. The molecule has 0 spiro atoms. The Hall–Kier alpha value is -2.93. The lowest BCUT2D eigenvalue weighted by molar-refractivity contribution is -0.150. The molecule has 1 unspecified atom stereocenters. The lowest BCUT2D eigenvalue weighted by atomic mass is 10.0. The van der Waals surface area contributed by atoms with Crippen molar-refractivity contribution >= 4 is 29.7 Å². The minimum Gasteiger partial charge on any atom is -0.466 e. The Balaban J connectivity index is 4.86. The molecule has 13 heteroatoms. The number of guanidine groups is 1. The summed E-state index contributed by atoms with van der Waals surface area (Å²) in [6.45, 7) is 11.9. The van der Waals surface area contributed by atoms with Crippen molar-refractivity contribution in [3.63, 3.8) is 0 Å². The topological polar surface area (TPSA) is 196 Å². The highest BCUT2D eigenvalue weighted by atomic mass is 16.5. The number of aliphatic hydroxyl groups is 1. The highest BCUT2D eigenvalue weighted by Gasteiger charge is 2.19. The van der Waals surface area contributed by atoms with E-state index in [1.54, 1.807) is 0 Å². The first-order chi connectivity index (χ1) is 33.5. The molecule has 0 fully saturated rings. The lowest BCUT2D eigenvalue weighted by Gasteiger charge is -2.25. The van der Waals surface area contributed by atoms with Crippen molar-refractivity contribution in [3.8, 4) is 0 Å². The molecule has 0 aliphatic heterocycles. The number of nitrogens with two attached hydrogens (primary N) is 1. The van der Waals surface area contributed by atoms with E-state index in [1.807, 2.05) is 0 Å².